The van der Waals surface area contributed by atoms with E-state index >= 15 is 0 Å². The van der Waals surface area contributed by atoms with Crippen LogP contribution in [-0.4, -0.2) is 45.9 Å². The van der Waals surface area contributed by atoms with Crippen molar-refractivity contribution in [3.05, 3.63) is 53.9 Å². The molecule has 2 atom stereocenters. The van der Waals surface area contributed by atoms with Gasteiger partial charge in [-0.05, 0) is 36.3 Å². The van der Waals surface area contributed by atoms with Crippen LogP contribution in [0.2, 0.25) is 0 Å². The van der Waals surface area contributed by atoms with E-state index in [1.807, 2.05) is 50.4 Å². The van der Waals surface area contributed by atoms with Crippen LogP contribution >= 0.6 is 0 Å². The molecule has 1 aromatic heterocycles. The Morgan fingerprint density at radius 2 is 2.00 bits per heavy atom. The predicted molar refractivity (Wildman–Crippen MR) is 125 cm³/mol. The number of ketones is 2. The summed E-state index contributed by atoms with van der Waals surface area (Å²) >= 11 is 0. The molecule has 0 saturated carbocycles. The smallest absolute Gasteiger partial charge is 0.408 e. The third-order valence-corrected chi connectivity index (χ3v) is 5.74. The Kier molecular flexibility index (Phi) is 8.95. The SMILES string of the molecule is CC(C)CC(NC(=O)OCc1ccccc1)C(=O)CC1CCc2cnn(c2)CCNC(=O)C1=O. The fraction of sp³-hybridized carbons (Fsp3) is 0.480. The Balaban J connectivity index is 1.65. The Morgan fingerprint density at radius 3 is 2.74 bits per heavy atom. The van der Waals surface area contributed by atoms with Crippen molar-refractivity contribution in [3.8, 4) is 0 Å². The molecule has 34 heavy (non-hydrogen) atoms. The van der Waals surface area contributed by atoms with Crippen LogP contribution in [0.5, 0.6) is 0 Å². The van der Waals surface area contributed by atoms with Crippen LogP contribution in [-0.2, 0) is 38.7 Å². The number of hydrogen-bond donors (Lipinski definition) is 2. The minimum Gasteiger partial charge on any atom is -0.445 e. The third kappa shape index (κ3) is 7.54. The number of carbonyl (C=O) groups is 4. The minimum atomic E-state index is -0.805. The standard InChI is InChI=1S/C25H32N4O5/c1-17(2)12-21(28-25(33)34-16-18-6-4-3-5-7-18)22(30)13-20-9-8-19-14-27-29(15-19)11-10-26-24(32)23(20)31/h3-7,14-15,17,20-21H,8-13,16H2,1-2H3,(H,26,32)(H,28,33). The highest BCUT2D eigenvalue weighted by Gasteiger charge is 2.31. The first-order chi connectivity index (χ1) is 16.3. The van der Waals surface area contributed by atoms with E-state index < -0.39 is 29.7 Å². The normalized spacial score (nSPS) is 17.4. The van der Waals surface area contributed by atoms with E-state index in [1.165, 1.54) is 0 Å². The quantitative estimate of drug-likeness (QED) is 0.575. The molecule has 0 spiro atoms. The highest BCUT2D eigenvalue weighted by atomic mass is 16.5. The predicted octanol–water partition coefficient (Wildman–Crippen LogP) is 2.43. The number of rotatable bonds is 8. The summed E-state index contributed by atoms with van der Waals surface area (Å²) < 4.78 is 6.99. The summed E-state index contributed by atoms with van der Waals surface area (Å²) in [4.78, 5) is 50.7. The number of nitrogens with one attached hydrogen (secondary N) is 2. The lowest BCUT2D eigenvalue weighted by Crippen LogP contribution is -2.44. The van der Waals surface area contributed by atoms with Crippen LogP contribution in [0.15, 0.2) is 42.7 Å². The highest BCUT2D eigenvalue weighted by molar-refractivity contribution is 6.37. The van der Waals surface area contributed by atoms with Gasteiger partial charge in [-0.3, -0.25) is 19.1 Å². The molecule has 182 valence electrons. The van der Waals surface area contributed by atoms with Gasteiger partial charge in [-0.25, -0.2) is 4.79 Å². The van der Waals surface area contributed by atoms with Crippen molar-refractivity contribution in [1.82, 2.24) is 20.4 Å². The van der Waals surface area contributed by atoms with E-state index in [0.29, 0.717) is 25.8 Å². The topological polar surface area (TPSA) is 119 Å². The number of alkyl carbamates (subject to hydrolysis) is 1. The maximum atomic E-state index is 13.2. The summed E-state index contributed by atoms with van der Waals surface area (Å²) in [6.07, 6.45) is 4.07. The van der Waals surface area contributed by atoms with Gasteiger partial charge in [0.25, 0.3) is 5.91 Å². The monoisotopic (exact) mass is 468 g/mol. The lowest BCUT2D eigenvalue weighted by atomic mass is 9.87. The summed E-state index contributed by atoms with van der Waals surface area (Å²) in [6, 6.07) is 8.44. The van der Waals surface area contributed by atoms with E-state index in [1.54, 1.807) is 10.9 Å². The third-order valence-electron chi connectivity index (χ3n) is 5.74. The molecule has 1 aliphatic rings. The van der Waals surface area contributed by atoms with Crippen molar-refractivity contribution in [2.45, 2.75) is 58.7 Å². The van der Waals surface area contributed by atoms with Crippen molar-refractivity contribution in [3.63, 3.8) is 0 Å². The first-order valence-corrected chi connectivity index (χ1v) is 11.6. The molecule has 9 nitrogen and oxygen atoms in total. The molecule has 9 heteroatoms. The summed E-state index contributed by atoms with van der Waals surface area (Å²) in [5.74, 6) is -2.23. The zero-order chi connectivity index (χ0) is 24.5. The van der Waals surface area contributed by atoms with Gasteiger partial charge in [-0.15, -0.1) is 0 Å². The van der Waals surface area contributed by atoms with Gasteiger partial charge in [0.15, 0.2) is 5.78 Å². The van der Waals surface area contributed by atoms with Crippen LogP contribution < -0.4 is 10.6 Å². The molecular weight excluding hydrogens is 436 g/mol. The zero-order valence-corrected chi connectivity index (χ0v) is 19.7. The molecule has 0 radical (unpaired) electrons. The molecule has 2 unspecified atom stereocenters. The van der Waals surface area contributed by atoms with Crippen LogP contribution in [0.25, 0.3) is 0 Å². The average molecular weight is 469 g/mol. The number of aryl methyl sites for hydroxylation is 1. The molecule has 2 aromatic rings. The van der Waals surface area contributed by atoms with Gasteiger partial charge in [-0.1, -0.05) is 44.2 Å². The molecule has 0 aliphatic carbocycles. The summed E-state index contributed by atoms with van der Waals surface area (Å²) in [6.45, 7) is 4.72. The van der Waals surface area contributed by atoms with Crippen molar-refractivity contribution in [1.29, 1.82) is 0 Å². The maximum Gasteiger partial charge on any atom is 0.408 e. The summed E-state index contributed by atoms with van der Waals surface area (Å²) in [7, 11) is 0. The summed E-state index contributed by atoms with van der Waals surface area (Å²) in [5.41, 5.74) is 1.78. The van der Waals surface area contributed by atoms with E-state index in [-0.39, 0.29) is 31.3 Å². The highest BCUT2D eigenvalue weighted by Crippen LogP contribution is 2.19. The van der Waals surface area contributed by atoms with E-state index in [2.05, 4.69) is 15.7 Å². The number of aromatic nitrogens is 2. The van der Waals surface area contributed by atoms with Crippen LogP contribution in [0, 0.1) is 11.8 Å². The molecule has 2 heterocycles. The second-order valence-electron chi connectivity index (χ2n) is 9.03. The first-order valence-electron chi connectivity index (χ1n) is 11.6. The average Bonchev–Trinajstić information content (AvgIpc) is 3.26. The number of carbonyl (C=O) groups excluding carboxylic acids is 4. The van der Waals surface area contributed by atoms with E-state index in [9.17, 15) is 19.2 Å². The van der Waals surface area contributed by atoms with Gasteiger partial charge in [-0.2, -0.15) is 5.10 Å². The second kappa shape index (κ2) is 12.1. The van der Waals surface area contributed by atoms with Gasteiger partial charge < -0.3 is 15.4 Å². The Labute approximate surface area is 199 Å². The van der Waals surface area contributed by atoms with Crippen molar-refractivity contribution >= 4 is 23.6 Å². The van der Waals surface area contributed by atoms with Crippen LogP contribution in [0.3, 0.4) is 0 Å². The number of fused-ring (bicyclic) bond motifs is 2. The summed E-state index contributed by atoms with van der Waals surface area (Å²) in [5, 5.41) is 9.51. The lowest BCUT2D eigenvalue weighted by molar-refractivity contribution is -0.141. The van der Waals surface area contributed by atoms with Gasteiger partial charge in [0.2, 0.25) is 5.78 Å². The fourth-order valence-corrected chi connectivity index (χ4v) is 3.92. The van der Waals surface area contributed by atoms with Crippen molar-refractivity contribution in [2.24, 2.45) is 11.8 Å². The molecule has 2 amide bonds. The van der Waals surface area contributed by atoms with E-state index in [4.69, 9.17) is 4.74 Å². The largest absolute Gasteiger partial charge is 0.445 e. The fourth-order valence-electron chi connectivity index (χ4n) is 3.92. The molecular formula is C25H32N4O5. The number of benzene rings is 1. The van der Waals surface area contributed by atoms with Crippen molar-refractivity contribution in [2.75, 3.05) is 6.54 Å². The second-order valence-corrected chi connectivity index (χ2v) is 9.03. The first kappa shape index (κ1) is 25.1. The van der Waals surface area contributed by atoms with E-state index in [0.717, 1.165) is 11.1 Å². The number of nitrogens with zero attached hydrogens (tertiary/aromatic N) is 2. The van der Waals surface area contributed by atoms with Gasteiger partial charge in [0.05, 0.1) is 18.8 Å². The molecule has 1 aromatic carbocycles. The molecule has 0 saturated heterocycles. The molecule has 3 rings (SSSR count). The zero-order valence-electron chi connectivity index (χ0n) is 19.7. The number of Topliss-reactive ketones (excluding diaryl/α,β-unsaturated/α-hetero) is 2. The number of ether oxygens (including phenoxy) is 1. The molecule has 2 N–H and O–H groups in total. The van der Waals surface area contributed by atoms with Crippen LogP contribution in [0.4, 0.5) is 4.79 Å². The van der Waals surface area contributed by atoms with Gasteiger partial charge >= 0.3 is 6.09 Å². The molecule has 1 aliphatic heterocycles. The molecule has 2 bridgehead atoms. The van der Waals surface area contributed by atoms with Gasteiger partial charge in [0, 0.05) is 25.1 Å². The lowest BCUT2D eigenvalue weighted by Gasteiger charge is -2.22. The number of hydrogen-bond acceptors (Lipinski definition) is 6. The Hall–Kier alpha value is -3.49. The van der Waals surface area contributed by atoms with Gasteiger partial charge in [0.1, 0.15) is 6.61 Å². The van der Waals surface area contributed by atoms with Crippen molar-refractivity contribution < 1.29 is 23.9 Å². The maximum absolute atomic E-state index is 13.2. The molecule has 0 fully saturated rings. The minimum absolute atomic E-state index is 0.0875. The Bertz CT molecular complexity index is 1000. The Morgan fingerprint density at radius 1 is 1.24 bits per heavy atom. The van der Waals surface area contributed by atoms with Crippen LogP contribution in [0.1, 0.15) is 44.2 Å². The number of amides is 2.